The van der Waals surface area contributed by atoms with E-state index in [-0.39, 0.29) is 5.91 Å². The van der Waals surface area contributed by atoms with E-state index in [0.717, 1.165) is 63.0 Å². The van der Waals surface area contributed by atoms with Gasteiger partial charge in [-0.15, -0.1) is 0 Å². The van der Waals surface area contributed by atoms with E-state index in [1.54, 1.807) is 14.0 Å². The molecule has 2 aliphatic heterocycles. The van der Waals surface area contributed by atoms with Crippen molar-refractivity contribution in [2.75, 3.05) is 51.8 Å². The normalized spacial score (nSPS) is 20.3. The molecule has 1 amide bonds. The van der Waals surface area contributed by atoms with Crippen molar-refractivity contribution < 1.29 is 9.53 Å². The lowest BCUT2D eigenvalue weighted by atomic mass is 10.0. The summed E-state index contributed by atoms with van der Waals surface area (Å²) >= 11 is 0. The van der Waals surface area contributed by atoms with Crippen LogP contribution < -0.4 is 5.32 Å². The Morgan fingerprint density at radius 3 is 2.96 bits per heavy atom. The molecule has 1 aromatic heterocycles. The molecule has 0 unspecified atom stereocenters. The van der Waals surface area contributed by atoms with Crippen molar-refractivity contribution in [3.8, 4) is 0 Å². The summed E-state index contributed by atoms with van der Waals surface area (Å²) < 4.78 is 5.14. The first kappa shape index (κ1) is 19.0. The van der Waals surface area contributed by atoms with Gasteiger partial charge in [-0.25, -0.2) is 9.97 Å². The highest BCUT2D eigenvalue weighted by Gasteiger charge is 2.25. The summed E-state index contributed by atoms with van der Waals surface area (Å²) in [6.45, 7) is 10.1. The molecule has 2 aliphatic rings. The fraction of sp³-hybridized carbons (Fsp3) is 0.737. The first-order chi connectivity index (χ1) is 12.6. The second kappa shape index (κ2) is 8.77. The number of fused-ring (bicyclic) bond motifs is 1. The van der Waals surface area contributed by atoms with Gasteiger partial charge in [-0.2, -0.15) is 0 Å². The van der Waals surface area contributed by atoms with E-state index in [9.17, 15) is 4.79 Å². The van der Waals surface area contributed by atoms with Gasteiger partial charge in [0.05, 0.1) is 12.2 Å². The molecule has 7 nitrogen and oxygen atoms in total. The lowest BCUT2D eigenvalue weighted by molar-refractivity contribution is -0.129. The zero-order valence-corrected chi connectivity index (χ0v) is 16.3. The van der Waals surface area contributed by atoms with Crippen molar-refractivity contribution in [2.45, 2.75) is 39.7 Å². The molecule has 7 heteroatoms. The monoisotopic (exact) mass is 361 g/mol. The van der Waals surface area contributed by atoms with Gasteiger partial charge in [0, 0.05) is 52.4 Å². The van der Waals surface area contributed by atoms with Crippen LogP contribution in [0.15, 0.2) is 0 Å². The number of hydrogen-bond acceptors (Lipinski definition) is 6. The average Bonchev–Trinajstić information content (AvgIpc) is 3.07. The van der Waals surface area contributed by atoms with Crippen molar-refractivity contribution in [1.82, 2.24) is 19.8 Å². The van der Waals surface area contributed by atoms with Gasteiger partial charge in [0.15, 0.2) is 0 Å². The van der Waals surface area contributed by atoms with Crippen LogP contribution in [0.25, 0.3) is 0 Å². The predicted molar refractivity (Wildman–Crippen MR) is 101 cm³/mol. The molecule has 1 aromatic rings. The number of carbonyl (C=O) groups is 1. The van der Waals surface area contributed by atoms with Crippen LogP contribution >= 0.6 is 0 Å². The topological polar surface area (TPSA) is 70.6 Å². The molecule has 0 saturated carbocycles. The van der Waals surface area contributed by atoms with Crippen LogP contribution in [0.3, 0.4) is 0 Å². The Labute approximate surface area is 156 Å². The van der Waals surface area contributed by atoms with Gasteiger partial charge < -0.3 is 19.9 Å². The molecule has 26 heavy (non-hydrogen) atoms. The zero-order valence-electron chi connectivity index (χ0n) is 16.3. The molecule has 0 aliphatic carbocycles. The van der Waals surface area contributed by atoms with Gasteiger partial charge in [-0.05, 0) is 38.6 Å². The maximum absolute atomic E-state index is 11.7. The van der Waals surface area contributed by atoms with Crippen LogP contribution in [-0.4, -0.2) is 72.1 Å². The number of carbonyl (C=O) groups excluding carboxylic acids is 1. The largest absolute Gasteiger partial charge is 0.385 e. The van der Waals surface area contributed by atoms with Gasteiger partial charge in [0.1, 0.15) is 11.6 Å². The van der Waals surface area contributed by atoms with Crippen LogP contribution in [-0.2, 0) is 22.5 Å². The van der Waals surface area contributed by atoms with Crippen LogP contribution in [0, 0.1) is 12.8 Å². The van der Waals surface area contributed by atoms with E-state index >= 15 is 0 Å². The fourth-order valence-electron chi connectivity index (χ4n) is 3.92. The number of amides is 1. The Balaban J connectivity index is 1.57. The van der Waals surface area contributed by atoms with E-state index in [0.29, 0.717) is 12.5 Å². The number of aromatic nitrogens is 2. The highest BCUT2D eigenvalue weighted by Crippen LogP contribution is 2.25. The fourth-order valence-corrected chi connectivity index (χ4v) is 3.92. The predicted octanol–water partition coefficient (Wildman–Crippen LogP) is 1.46. The maximum Gasteiger partial charge on any atom is 0.219 e. The van der Waals surface area contributed by atoms with E-state index in [1.807, 2.05) is 11.8 Å². The first-order valence-electron chi connectivity index (χ1n) is 9.64. The van der Waals surface area contributed by atoms with Crippen LogP contribution in [0.2, 0.25) is 0 Å². The Morgan fingerprint density at radius 1 is 1.35 bits per heavy atom. The van der Waals surface area contributed by atoms with Gasteiger partial charge in [0.25, 0.3) is 0 Å². The Hall–Kier alpha value is -1.73. The van der Waals surface area contributed by atoms with Crippen molar-refractivity contribution in [2.24, 2.45) is 5.92 Å². The number of nitrogens with one attached hydrogen (secondary N) is 1. The number of methoxy groups -OCH3 is 1. The molecule has 0 spiro atoms. The van der Waals surface area contributed by atoms with Crippen LogP contribution in [0.5, 0.6) is 0 Å². The number of rotatable bonds is 7. The Morgan fingerprint density at radius 2 is 2.19 bits per heavy atom. The summed E-state index contributed by atoms with van der Waals surface area (Å²) in [6, 6.07) is 0. The first-order valence-corrected chi connectivity index (χ1v) is 9.64. The molecule has 0 aromatic carbocycles. The average molecular weight is 361 g/mol. The molecule has 0 radical (unpaired) electrons. The van der Waals surface area contributed by atoms with Gasteiger partial charge in [-0.1, -0.05) is 0 Å². The van der Waals surface area contributed by atoms with E-state index < -0.39 is 0 Å². The molecule has 1 N–H and O–H groups in total. The lowest BCUT2D eigenvalue weighted by Crippen LogP contribution is -2.35. The molecule has 1 saturated heterocycles. The van der Waals surface area contributed by atoms with Crippen molar-refractivity contribution in [3.05, 3.63) is 17.1 Å². The van der Waals surface area contributed by atoms with E-state index in [1.165, 1.54) is 18.5 Å². The quantitative estimate of drug-likeness (QED) is 0.742. The minimum absolute atomic E-state index is 0.112. The van der Waals surface area contributed by atoms with Gasteiger partial charge in [0.2, 0.25) is 5.91 Å². The number of likely N-dealkylation sites (tertiary alicyclic amines) is 1. The van der Waals surface area contributed by atoms with Crippen molar-refractivity contribution >= 4 is 11.7 Å². The summed E-state index contributed by atoms with van der Waals surface area (Å²) in [5.41, 5.74) is 2.18. The summed E-state index contributed by atoms with van der Waals surface area (Å²) in [6.07, 6.45) is 3.15. The standard InChI is InChI=1S/C19H31N5O2/c1-14-21-18-13-24(15(2)25)9-6-17(18)19(22-14)20-11-16-5-8-23(12-16)7-4-10-26-3/h16H,4-13H2,1-3H3,(H,20,21,22)/t16-/m1/s1. The molecule has 3 rings (SSSR count). The van der Waals surface area contributed by atoms with E-state index in [2.05, 4.69) is 20.2 Å². The highest BCUT2D eigenvalue weighted by molar-refractivity contribution is 5.73. The van der Waals surface area contributed by atoms with Gasteiger partial charge >= 0.3 is 0 Å². The smallest absolute Gasteiger partial charge is 0.219 e. The van der Waals surface area contributed by atoms with Gasteiger partial charge in [-0.3, -0.25) is 4.79 Å². The molecular weight excluding hydrogens is 330 g/mol. The highest BCUT2D eigenvalue weighted by atomic mass is 16.5. The molecule has 144 valence electrons. The number of nitrogens with zero attached hydrogens (tertiary/aromatic N) is 4. The SMILES string of the molecule is COCCCN1CC[C@H](CNc2nc(C)nc3c2CCN(C(C)=O)C3)C1. The lowest BCUT2D eigenvalue weighted by Gasteiger charge is -2.28. The number of hydrogen-bond donors (Lipinski definition) is 1. The Kier molecular flexibility index (Phi) is 6.43. The zero-order chi connectivity index (χ0) is 18.5. The summed E-state index contributed by atoms with van der Waals surface area (Å²) in [4.78, 5) is 25.3. The minimum atomic E-state index is 0.112. The van der Waals surface area contributed by atoms with Crippen LogP contribution in [0.4, 0.5) is 5.82 Å². The number of aryl methyl sites for hydroxylation is 1. The second-order valence-corrected chi connectivity index (χ2v) is 7.42. The summed E-state index contributed by atoms with van der Waals surface area (Å²) in [5, 5.41) is 3.58. The molecule has 3 heterocycles. The third kappa shape index (κ3) is 4.71. The van der Waals surface area contributed by atoms with E-state index in [4.69, 9.17) is 4.74 Å². The third-order valence-electron chi connectivity index (χ3n) is 5.37. The summed E-state index contributed by atoms with van der Waals surface area (Å²) in [7, 11) is 1.76. The van der Waals surface area contributed by atoms with Crippen molar-refractivity contribution in [3.63, 3.8) is 0 Å². The second-order valence-electron chi connectivity index (χ2n) is 7.42. The van der Waals surface area contributed by atoms with Crippen LogP contribution in [0.1, 0.15) is 36.8 Å². The summed E-state index contributed by atoms with van der Waals surface area (Å²) in [5.74, 6) is 2.50. The molecule has 1 atom stereocenters. The number of ether oxygens (including phenoxy) is 1. The molecule has 0 bridgehead atoms. The molecule has 1 fully saturated rings. The Bertz CT molecular complexity index is 637. The third-order valence-corrected chi connectivity index (χ3v) is 5.37. The minimum Gasteiger partial charge on any atom is -0.385 e. The number of anilines is 1. The maximum atomic E-state index is 11.7. The molecular formula is C19H31N5O2. The van der Waals surface area contributed by atoms with Crippen molar-refractivity contribution in [1.29, 1.82) is 0 Å².